The molecule has 1 aromatic heterocycles. The molecule has 0 amide bonds. The maximum Gasteiger partial charge on any atom is 0.0346 e. The van der Waals surface area contributed by atoms with Crippen molar-refractivity contribution in [2.75, 3.05) is 0 Å². The van der Waals surface area contributed by atoms with Crippen LogP contribution < -0.4 is 0 Å². The van der Waals surface area contributed by atoms with E-state index in [1.54, 1.807) is 0 Å². The van der Waals surface area contributed by atoms with E-state index in [4.69, 9.17) is 0 Å². The van der Waals surface area contributed by atoms with E-state index < -0.39 is 0 Å². The third kappa shape index (κ3) is 3.06. The molecular formula is C39H31N. The summed E-state index contributed by atoms with van der Waals surface area (Å²) in [6, 6.07) is 38.4. The zero-order chi connectivity index (χ0) is 27.2. The minimum atomic E-state index is -0.0916. The first-order valence-corrected chi connectivity index (χ1v) is 14.2. The third-order valence-electron chi connectivity index (χ3n) is 9.50. The molecule has 0 aliphatic heterocycles. The van der Waals surface area contributed by atoms with Crippen molar-refractivity contribution in [3.63, 3.8) is 0 Å². The number of hydrogen-bond donors (Lipinski definition) is 0. The van der Waals surface area contributed by atoms with Crippen LogP contribution in [0.5, 0.6) is 0 Å². The van der Waals surface area contributed by atoms with Gasteiger partial charge in [-0.15, -0.1) is 0 Å². The van der Waals surface area contributed by atoms with Gasteiger partial charge >= 0.3 is 0 Å². The van der Waals surface area contributed by atoms with E-state index in [1.807, 2.05) is 18.5 Å². The standard InChI is InChI=1S/C39H31N/c1-38(2)34-21-24(27-11-9-19-40-23-27)15-17-31(34)36-37(38)32-18-16-26(22-35(32)39(36,3)4)33-20-25-10-5-6-12-28(25)29-13-7-8-14-30(29)33/h5-23H,1-4H3. The number of pyridine rings is 1. The molecule has 1 nitrogen and oxygen atoms in total. The quantitative estimate of drug-likeness (QED) is 0.210. The van der Waals surface area contributed by atoms with E-state index in [9.17, 15) is 0 Å². The molecular weight excluding hydrogens is 482 g/mol. The lowest BCUT2D eigenvalue weighted by Crippen LogP contribution is -2.19. The van der Waals surface area contributed by atoms with Crippen LogP contribution in [0.15, 0.2) is 116 Å². The van der Waals surface area contributed by atoms with Crippen LogP contribution in [0.1, 0.15) is 49.9 Å². The Bertz CT molecular complexity index is 2040. The Balaban J connectivity index is 1.30. The van der Waals surface area contributed by atoms with Crippen LogP contribution in [0.25, 0.3) is 54.9 Å². The Morgan fingerprint density at radius 1 is 0.475 bits per heavy atom. The summed E-state index contributed by atoms with van der Waals surface area (Å²) >= 11 is 0. The highest BCUT2D eigenvalue weighted by Gasteiger charge is 2.49. The minimum absolute atomic E-state index is 0.0808. The topological polar surface area (TPSA) is 12.9 Å². The first-order chi connectivity index (χ1) is 19.4. The van der Waals surface area contributed by atoms with Gasteiger partial charge in [-0.3, -0.25) is 4.98 Å². The zero-order valence-corrected chi connectivity index (χ0v) is 23.4. The predicted molar refractivity (Wildman–Crippen MR) is 169 cm³/mol. The summed E-state index contributed by atoms with van der Waals surface area (Å²) in [5.74, 6) is 0. The van der Waals surface area contributed by atoms with Gasteiger partial charge in [0, 0.05) is 23.2 Å². The molecule has 192 valence electrons. The van der Waals surface area contributed by atoms with Crippen LogP contribution in [-0.2, 0) is 10.8 Å². The summed E-state index contributed by atoms with van der Waals surface area (Å²) in [4.78, 5) is 4.36. The predicted octanol–water partition coefficient (Wildman–Crippen LogP) is 10.2. The average molecular weight is 514 g/mol. The second-order valence-corrected chi connectivity index (χ2v) is 12.5. The first kappa shape index (κ1) is 23.4. The van der Waals surface area contributed by atoms with Crippen LogP contribution in [0.2, 0.25) is 0 Å². The second kappa shape index (κ2) is 8.02. The molecule has 8 rings (SSSR count). The van der Waals surface area contributed by atoms with E-state index in [2.05, 4.69) is 130 Å². The van der Waals surface area contributed by atoms with Gasteiger partial charge in [0.25, 0.3) is 0 Å². The molecule has 2 aliphatic carbocycles. The summed E-state index contributed by atoms with van der Waals surface area (Å²) in [5, 5.41) is 5.23. The molecule has 0 unspecified atom stereocenters. The molecule has 0 saturated carbocycles. The fraction of sp³-hybridized carbons (Fsp3) is 0.154. The highest BCUT2D eigenvalue weighted by Crippen LogP contribution is 2.63. The second-order valence-electron chi connectivity index (χ2n) is 12.5. The van der Waals surface area contributed by atoms with Gasteiger partial charge in [-0.1, -0.05) is 107 Å². The van der Waals surface area contributed by atoms with Gasteiger partial charge in [0.1, 0.15) is 0 Å². The maximum atomic E-state index is 4.36. The van der Waals surface area contributed by atoms with Crippen molar-refractivity contribution in [1.29, 1.82) is 0 Å². The molecule has 0 radical (unpaired) electrons. The van der Waals surface area contributed by atoms with Crippen molar-refractivity contribution >= 4 is 32.7 Å². The van der Waals surface area contributed by atoms with Crippen LogP contribution in [0.3, 0.4) is 0 Å². The smallest absolute Gasteiger partial charge is 0.0346 e. The van der Waals surface area contributed by atoms with Crippen molar-refractivity contribution in [1.82, 2.24) is 4.98 Å². The summed E-state index contributed by atoms with van der Waals surface area (Å²) in [6.07, 6.45) is 3.80. The number of fused-ring (bicyclic) bond motifs is 7. The number of rotatable bonds is 2. The highest BCUT2D eigenvalue weighted by atomic mass is 14.6. The Kier molecular flexibility index (Phi) is 4.69. The van der Waals surface area contributed by atoms with E-state index in [1.165, 1.54) is 77.2 Å². The molecule has 1 heteroatoms. The average Bonchev–Trinajstić information content (AvgIpc) is 3.38. The third-order valence-corrected chi connectivity index (χ3v) is 9.50. The van der Waals surface area contributed by atoms with E-state index in [0.717, 1.165) is 0 Å². The van der Waals surface area contributed by atoms with E-state index >= 15 is 0 Å². The summed E-state index contributed by atoms with van der Waals surface area (Å²) in [6.45, 7) is 9.63. The number of benzene rings is 5. The van der Waals surface area contributed by atoms with Crippen molar-refractivity contribution < 1.29 is 0 Å². The zero-order valence-electron chi connectivity index (χ0n) is 23.4. The van der Waals surface area contributed by atoms with Crippen LogP contribution in [0.4, 0.5) is 0 Å². The maximum absolute atomic E-state index is 4.36. The van der Waals surface area contributed by atoms with Gasteiger partial charge < -0.3 is 0 Å². The number of allylic oxidation sites excluding steroid dienone is 2. The fourth-order valence-electron chi connectivity index (χ4n) is 7.57. The summed E-state index contributed by atoms with van der Waals surface area (Å²) < 4.78 is 0. The number of nitrogens with zero attached hydrogens (tertiary/aromatic N) is 1. The summed E-state index contributed by atoms with van der Waals surface area (Å²) in [5.41, 5.74) is 13.4. The Morgan fingerprint density at radius 3 is 1.75 bits per heavy atom. The van der Waals surface area contributed by atoms with Crippen molar-refractivity contribution in [2.45, 2.75) is 38.5 Å². The minimum Gasteiger partial charge on any atom is -0.264 e. The largest absolute Gasteiger partial charge is 0.264 e. The van der Waals surface area contributed by atoms with Gasteiger partial charge in [-0.05, 0) is 101 Å². The van der Waals surface area contributed by atoms with Gasteiger partial charge in [0.15, 0.2) is 0 Å². The first-order valence-electron chi connectivity index (χ1n) is 14.2. The summed E-state index contributed by atoms with van der Waals surface area (Å²) in [7, 11) is 0. The van der Waals surface area contributed by atoms with Crippen LogP contribution in [-0.4, -0.2) is 4.98 Å². The van der Waals surface area contributed by atoms with Gasteiger partial charge in [0.05, 0.1) is 0 Å². The lowest BCUT2D eigenvalue weighted by molar-refractivity contribution is 0.694. The van der Waals surface area contributed by atoms with Gasteiger partial charge in [-0.2, -0.15) is 0 Å². The molecule has 6 aromatic rings. The Labute approximate surface area is 235 Å². The molecule has 40 heavy (non-hydrogen) atoms. The monoisotopic (exact) mass is 513 g/mol. The molecule has 1 heterocycles. The molecule has 0 atom stereocenters. The van der Waals surface area contributed by atoms with E-state index in [0.29, 0.717) is 0 Å². The molecule has 0 fully saturated rings. The van der Waals surface area contributed by atoms with Crippen LogP contribution in [0, 0.1) is 0 Å². The normalized spacial score (nSPS) is 16.3. The Morgan fingerprint density at radius 2 is 1.07 bits per heavy atom. The fourth-order valence-corrected chi connectivity index (χ4v) is 7.57. The Hall–Kier alpha value is -4.49. The molecule has 0 saturated heterocycles. The molecule has 2 aliphatic rings. The molecule has 0 spiro atoms. The highest BCUT2D eigenvalue weighted by molar-refractivity contribution is 6.14. The lowest BCUT2D eigenvalue weighted by Gasteiger charge is -2.29. The SMILES string of the molecule is CC1(C)C2=C(c3ccc(-c4cccnc4)cc31)C(C)(C)c1cc(-c3cc4ccccc4c4ccccc34)ccc12. The van der Waals surface area contributed by atoms with Gasteiger partial charge in [0.2, 0.25) is 0 Å². The van der Waals surface area contributed by atoms with Gasteiger partial charge in [-0.25, -0.2) is 0 Å². The molecule has 0 bridgehead atoms. The number of aromatic nitrogens is 1. The lowest BCUT2D eigenvalue weighted by atomic mass is 9.74. The van der Waals surface area contributed by atoms with Crippen molar-refractivity contribution in [3.05, 3.63) is 138 Å². The number of hydrogen-bond acceptors (Lipinski definition) is 1. The van der Waals surface area contributed by atoms with Crippen LogP contribution >= 0.6 is 0 Å². The van der Waals surface area contributed by atoms with E-state index in [-0.39, 0.29) is 10.8 Å². The van der Waals surface area contributed by atoms with Crippen molar-refractivity contribution in [3.8, 4) is 22.3 Å². The molecule has 5 aromatic carbocycles. The van der Waals surface area contributed by atoms with Crippen molar-refractivity contribution in [2.24, 2.45) is 0 Å². The molecule has 0 N–H and O–H groups in total.